The molecule has 25 heavy (non-hydrogen) atoms. The number of rotatable bonds is 3. The second kappa shape index (κ2) is 9.63. The lowest BCUT2D eigenvalue weighted by molar-refractivity contribution is 0.307. The first-order valence-electron chi connectivity index (χ1n) is 8.65. The molecule has 0 N–H and O–H groups in total. The van der Waals surface area contributed by atoms with E-state index in [9.17, 15) is 0 Å². The average Bonchev–Trinajstić information content (AvgIpc) is 2.85. The molecule has 2 aliphatic rings. The van der Waals surface area contributed by atoms with Crippen LogP contribution in [0.25, 0.3) is 0 Å². The van der Waals surface area contributed by atoms with Crippen molar-refractivity contribution in [2.24, 2.45) is 4.99 Å². The third kappa shape index (κ3) is 5.75. The smallest absolute Gasteiger partial charge is 0.118 e. The van der Waals surface area contributed by atoms with Gasteiger partial charge >= 0.3 is 0 Å². The highest BCUT2D eigenvalue weighted by Crippen LogP contribution is 2.29. The third-order valence-electron chi connectivity index (χ3n) is 4.23. The molecule has 0 fully saturated rings. The van der Waals surface area contributed by atoms with Gasteiger partial charge in [0.15, 0.2) is 0 Å². The fraction of sp³-hybridized carbons (Fsp3) is 0.261. The van der Waals surface area contributed by atoms with Crippen LogP contribution in [0.4, 0.5) is 0 Å². The lowest BCUT2D eigenvalue weighted by atomic mass is 9.90. The Morgan fingerprint density at radius 1 is 1.08 bits per heavy atom. The predicted octanol–water partition coefficient (Wildman–Crippen LogP) is 6.16. The van der Waals surface area contributed by atoms with Crippen molar-refractivity contribution >= 4 is 5.71 Å². The Kier molecular flexibility index (Phi) is 7.21. The van der Waals surface area contributed by atoms with Crippen LogP contribution in [0.2, 0.25) is 0 Å². The van der Waals surface area contributed by atoms with E-state index in [2.05, 4.69) is 55.8 Å². The minimum absolute atomic E-state index is 0.815. The van der Waals surface area contributed by atoms with Gasteiger partial charge in [-0.1, -0.05) is 43.0 Å². The molecule has 0 amide bonds. The Balaban J connectivity index is 2.35. The molecule has 0 atom stereocenters. The number of allylic oxidation sites excluding steroid dienone is 13. The molecule has 0 bridgehead atoms. The summed E-state index contributed by atoms with van der Waals surface area (Å²) in [5.74, 6) is 0.864. The normalized spacial score (nSPS) is 21.2. The summed E-state index contributed by atoms with van der Waals surface area (Å²) in [6, 6.07) is 0. The van der Waals surface area contributed by atoms with Crippen LogP contribution < -0.4 is 0 Å². The van der Waals surface area contributed by atoms with Gasteiger partial charge in [-0.25, -0.2) is 0 Å². The molecular weight excluding hydrogens is 306 g/mol. The van der Waals surface area contributed by atoms with E-state index in [1.54, 1.807) is 7.11 Å². The molecule has 2 heteroatoms. The van der Waals surface area contributed by atoms with E-state index in [0.717, 1.165) is 36.3 Å². The SMILES string of the molecule is C=C(C1=CC=C(OC)C=CC1)C1=CCC(C)=N/C=C/C=C\CC=C1C. The molecule has 2 rings (SSSR count). The molecule has 130 valence electrons. The van der Waals surface area contributed by atoms with Crippen LogP contribution in [-0.2, 0) is 4.74 Å². The van der Waals surface area contributed by atoms with E-state index < -0.39 is 0 Å². The summed E-state index contributed by atoms with van der Waals surface area (Å²) in [4.78, 5) is 4.46. The highest BCUT2D eigenvalue weighted by atomic mass is 16.5. The van der Waals surface area contributed by atoms with Crippen molar-refractivity contribution < 1.29 is 4.74 Å². The van der Waals surface area contributed by atoms with Crippen molar-refractivity contribution in [3.05, 3.63) is 95.5 Å². The number of hydrogen-bond donors (Lipinski definition) is 0. The Labute approximate surface area is 151 Å². The first-order chi connectivity index (χ1) is 12.1. The van der Waals surface area contributed by atoms with E-state index in [0.29, 0.717) is 0 Å². The number of hydrogen-bond acceptors (Lipinski definition) is 2. The number of methoxy groups -OCH3 is 1. The lowest BCUT2D eigenvalue weighted by Crippen LogP contribution is -1.97. The van der Waals surface area contributed by atoms with Gasteiger partial charge in [-0.15, -0.1) is 0 Å². The van der Waals surface area contributed by atoms with E-state index >= 15 is 0 Å². The van der Waals surface area contributed by atoms with Crippen LogP contribution in [-0.4, -0.2) is 12.8 Å². The van der Waals surface area contributed by atoms with Gasteiger partial charge in [0.05, 0.1) is 7.11 Å². The first-order valence-corrected chi connectivity index (χ1v) is 8.65. The molecule has 0 aromatic carbocycles. The Morgan fingerprint density at radius 3 is 2.72 bits per heavy atom. The zero-order chi connectivity index (χ0) is 18.1. The molecule has 1 aliphatic heterocycles. The second-order valence-corrected chi connectivity index (χ2v) is 6.13. The van der Waals surface area contributed by atoms with Crippen molar-refractivity contribution in [2.75, 3.05) is 7.11 Å². The number of ether oxygens (including phenoxy) is 1. The van der Waals surface area contributed by atoms with Gasteiger partial charge < -0.3 is 4.74 Å². The molecule has 1 heterocycles. The molecule has 0 saturated heterocycles. The molecule has 1 aliphatic carbocycles. The van der Waals surface area contributed by atoms with Crippen molar-refractivity contribution in [3.8, 4) is 0 Å². The fourth-order valence-corrected chi connectivity index (χ4v) is 2.70. The molecule has 0 aromatic heterocycles. The van der Waals surface area contributed by atoms with E-state index in [4.69, 9.17) is 4.74 Å². The highest BCUT2D eigenvalue weighted by Gasteiger charge is 2.11. The summed E-state index contributed by atoms with van der Waals surface area (Å²) >= 11 is 0. The molecule has 0 spiro atoms. The summed E-state index contributed by atoms with van der Waals surface area (Å²) in [7, 11) is 1.69. The Bertz CT molecular complexity index is 749. The standard InChI is InChI=1S/C23H27NO/c1-18-10-7-5-6-8-17-24-19(2)13-16-23(18)20(3)21-11-9-12-22(25-4)15-14-21/h5-6,8-10,12,14-17H,3,7,11,13H2,1-2,4H3/b6-5-,17-8+,18-10?,23-16?,24-19?. The largest absolute Gasteiger partial charge is 0.497 e. The molecule has 0 unspecified atom stereocenters. The van der Waals surface area contributed by atoms with Crippen molar-refractivity contribution in [1.29, 1.82) is 0 Å². The van der Waals surface area contributed by atoms with Gasteiger partial charge in [-0.05, 0) is 67.2 Å². The van der Waals surface area contributed by atoms with Crippen LogP contribution in [0.5, 0.6) is 0 Å². The molecule has 0 aromatic rings. The number of nitrogens with zero attached hydrogens (tertiary/aromatic N) is 1. The minimum Gasteiger partial charge on any atom is -0.497 e. The summed E-state index contributed by atoms with van der Waals surface area (Å²) in [5.41, 5.74) is 5.80. The second-order valence-electron chi connectivity index (χ2n) is 6.13. The van der Waals surface area contributed by atoms with Gasteiger partial charge in [0.25, 0.3) is 0 Å². The fourth-order valence-electron chi connectivity index (χ4n) is 2.70. The third-order valence-corrected chi connectivity index (χ3v) is 4.23. The average molecular weight is 333 g/mol. The van der Waals surface area contributed by atoms with Crippen LogP contribution >= 0.6 is 0 Å². The maximum absolute atomic E-state index is 5.32. The highest BCUT2D eigenvalue weighted by molar-refractivity contribution is 5.84. The molecular formula is C23H27NO. The van der Waals surface area contributed by atoms with Crippen molar-refractivity contribution in [3.63, 3.8) is 0 Å². The maximum Gasteiger partial charge on any atom is 0.118 e. The van der Waals surface area contributed by atoms with Crippen molar-refractivity contribution in [1.82, 2.24) is 0 Å². The Morgan fingerprint density at radius 2 is 1.92 bits per heavy atom. The monoisotopic (exact) mass is 333 g/mol. The van der Waals surface area contributed by atoms with Crippen LogP contribution in [0.1, 0.15) is 33.1 Å². The summed E-state index contributed by atoms with van der Waals surface area (Å²) < 4.78 is 5.32. The van der Waals surface area contributed by atoms with Gasteiger partial charge in [-0.3, -0.25) is 4.99 Å². The van der Waals surface area contributed by atoms with Crippen molar-refractivity contribution in [2.45, 2.75) is 33.1 Å². The summed E-state index contributed by atoms with van der Waals surface area (Å²) in [6.07, 6.45) is 23.3. The van der Waals surface area contributed by atoms with E-state index in [1.165, 1.54) is 16.7 Å². The minimum atomic E-state index is 0.815. The van der Waals surface area contributed by atoms with E-state index in [1.807, 2.05) is 30.5 Å². The summed E-state index contributed by atoms with van der Waals surface area (Å²) in [5, 5.41) is 0. The topological polar surface area (TPSA) is 21.6 Å². The predicted molar refractivity (Wildman–Crippen MR) is 109 cm³/mol. The molecule has 0 radical (unpaired) electrons. The summed E-state index contributed by atoms with van der Waals surface area (Å²) in [6.45, 7) is 8.59. The first kappa shape index (κ1) is 18.7. The van der Waals surface area contributed by atoms with Crippen LogP contribution in [0.15, 0.2) is 101 Å². The van der Waals surface area contributed by atoms with Crippen LogP contribution in [0.3, 0.4) is 0 Å². The van der Waals surface area contributed by atoms with Gasteiger partial charge in [-0.2, -0.15) is 0 Å². The molecule has 0 saturated carbocycles. The zero-order valence-electron chi connectivity index (χ0n) is 15.5. The van der Waals surface area contributed by atoms with Gasteiger partial charge in [0.2, 0.25) is 0 Å². The Hall–Kier alpha value is -2.61. The molecule has 2 nitrogen and oxygen atoms in total. The lowest BCUT2D eigenvalue weighted by Gasteiger charge is -2.15. The quantitative estimate of drug-likeness (QED) is 0.606. The maximum atomic E-state index is 5.32. The van der Waals surface area contributed by atoms with Crippen LogP contribution in [0, 0.1) is 0 Å². The van der Waals surface area contributed by atoms with Gasteiger partial charge in [0, 0.05) is 18.3 Å². The van der Waals surface area contributed by atoms with Gasteiger partial charge in [0.1, 0.15) is 5.76 Å². The zero-order valence-corrected chi connectivity index (χ0v) is 15.5. The number of aliphatic imine (C=N–C) groups is 1. The van der Waals surface area contributed by atoms with E-state index in [-0.39, 0.29) is 0 Å².